The van der Waals surface area contributed by atoms with Crippen molar-refractivity contribution in [3.8, 4) is 0 Å². The number of benzene rings is 2. The summed E-state index contributed by atoms with van der Waals surface area (Å²) < 4.78 is 15.9. The summed E-state index contributed by atoms with van der Waals surface area (Å²) in [4.78, 5) is 30.1. The summed E-state index contributed by atoms with van der Waals surface area (Å²) in [5.41, 5.74) is 3.00. The lowest BCUT2D eigenvalue weighted by Gasteiger charge is -2.32. The molecular weight excluding hydrogens is 419 g/mol. The van der Waals surface area contributed by atoms with Crippen molar-refractivity contribution in [3.63, 3.8) is 0 Å². The second-order valence-corrected chi connectivity index (χ2v) is 9.08. The SMILES string of the molecule is Cn1c(C(=O)NC2CCN(Cc3ccccc3)CC2)c(N2CCCC2=O)c2cc(F)ccc21. The molecule has 0 spiro atoms. The Bertz CT molecular complexity index is 1180. The van der Waals surface area contributed by atoms with E-state index in [1.165, 1.54) is 17.7 Å². The van der Waals surface area contributed by atoms with Gasteiger partial charge in [-0.15, -0.1) is 0 Å². The highest BCUT2D eigenvalue weighted by Gasteiger charge is 2.32. The molecule has 0 unspecified atom stereocenters. The summed E-state index contributed by atoms with van der Waals surface area (Å²) in [5.74, 6) is -0.598. The standard InChI is InChI=1S/C26H29FN4O2/c1-29-22-10-9-19(27)16-21(22)24(31-13-5-8-23(31)32)25(29)26(33)28-20-11-14-30(15-12-20)17-18-6-3-2-4-7-18/h2-4,6-7,9-10,16,20H,5,8,11-15,17H2,1H3,(H,28,33). The van der Waals surface area contributed by atoms with Crippen LogP contribution in [0.15, 0.2) is 48.5 Å². The Labute approximate surface area is 193 Å². The van der Waals surface area contributed by atoms with Gasteiger partial charge in [0, 0.05) is 51.1 Å². The number of fused-ring (bicyclic) bond motifs is 1. The molecule has 2 amide bonds. The molecule has 0 radical (unpaired) electrons. The number of carbonyl (C=O) groups excluding carboxylic acids is 2. The van der Waals surface area contributed by atoms with Gasteiger partial charge < -0.3 is 14.8 Å². The first-order valence-corrected chi connectivity index (χ1v) is 11.7. The molecule has 2 aliphatic heterocycles. The minimum Gasteiger partial charge on any atom is -0.348 e. The van der Waals surface area contributed by atoms with Gasteiger partial charge in [0.25, 0.3) is 5.91 Å². The molecule has 0 saturated carbocycles. The lowest BCUT2D eigenvalue weighted by atomic mass is 10.0. The molecule has 2 aliphatic rings. The zero-order valence-electron chi connectivity index (χ0n) is 18.9. The first kappa shape index (κ1) is 21.6. The van der Waals surface area contributed by atoms with Crippen molar-refractivity contribution >= 4 is 28.4 Å². The second-order valence-electron chi connectivity index (χ2n) is 9.08. The first-order valence-electron chi connectivity index (χ1n) is 11.7. The molecule has 172 valence electrons. The number of aromatic nitrogens is 1. The van der Waals surface area contributed by atoms with Crippen LogP contribution in [0.25, 0.3) is 10.9 Å². The molecule has 0 atom stereocenters. The molecule has 1 N–H and O–H groups in total. The number of halogens is 1. The van der Waals surface area contributed by atoms with Gasteiger partial charge in [0.2, 0.25) is 5.91 Å². The third kappa shape index (κ3) is 4.25. The van der Waals surface area contributed by atoms with Gasteiger partial charge in [-0.3, -0.25) is 14.5 Å². The van der Waals surface area contributed by atoms with E-state index in [-0.39, 0.29) is 23.7 Å². The van der Waals surface area contributed by atoms with Crippen molar-refractivity contribution in [2.24, 2.45) is 7.05 Å². The van der Waals surface area contributed by atoms with E-state index < -0.39 is 0 Å². The lowest BCUT2D eigenvalue weighted by molar-refractivity contribution is -0.117. The molecule has 0 aliphatic carbocycles. The van der Waals surface area contributed by atoms with Crippen LogP contribution in [-0.4, -0.2) is 47.0 Å². The number of rotatable bonds is 5. The van der Waals surface area contributed by atoms with Crippen LogP contribution < -0.4 is 10.2 Å². The van der Waals surface area contributed by atoms with Crippen LogP contribution in [0, 0.1) is 5.82 Å². The van der Waals surface area contributed by atoms with Crippen molar-refractivity contribution in [2.75, 3.05) is 24.5 Å². The monoisotopic (exact) mass is 448 g/mol. The highest BCUT2D eigenvalue weighted by Crippen LogP contribution is 2.36. The van der Waals surface area contributed by atoms with E-state index in [2.05, 4.69) is 34.5 Å². The summed E-state index contributed by atoms with van der Waals surface area (Å²) in [7, 11) is 1.81. The number of aryl methyl sites for hydroxylation is 1. The molecule has 33 heavy (non-hydrogen) atoms. The number of likely N-dealkylation sites (tertiary alicyclic amines) is 1. The smallest absolute Gasteiger partial charge is 0.270 e. The van der Waals surface area contributed by atoms with Crippen LogP contribution in [0.1, 0.15) is 41.7 Å². The predicted molar refractivity (Wildman–Crippen MR) is 127 cm³/mol. The Kier molecular flexibility index (Phi) is 5.89. The van der Waals surface area contributed by atoms with E-state index in [4.69, 9.17) is 0 Å². The third-order valence-corrected chi connectivity index (χ3v) is 6.87. The van der Waals surface area contributed by atoms with E-state index in [0.29, 0.717) is 29.7 Å². The molecule has 3 aromatic rings. The van der Waals surface area contributed by atoms with Crippen LogP contribution in [0.3, 0.4) is 0 Å². The Balaban J connectivity index is 1.35. The third-order valence-electron chi connectivity index (χ3n) is 6.87. The predicted octanol–water partition coefficient (Wildman–Crippen LogP) is 3.84. The molecule has 1 aromatic heterocycles. The summed E-state index contributed by atoms with van der Waals surface area (Å²) in [6.07, 6.45) is 2.93. The van der Waals surface area contributed by atoms with Gasteiger partial charge in [0.05, 0.1) is 11.2 Å². The van der Waals surface area contributed by atoms with Gasteiger partial charge in [-0.05, 0) is 43.0 Å². The van der Waals surface area contributed by atoms with Crippen molar-refractivity contribution < 1.29 is 14.0 Å². The largest absolute Gasteiger partial charge is 0.348 e. The van der Waals surface area contributed by atoms with E-state index in [9.17, 15) is 14.0 Å². The summed E-state index contributed by atoms with van der Waals surface area (Å²) >= 11 is 0. The minimum atomic E-state index is -0.376. The van der Waals surface area contributed by atoms with Crippen molar-refractivity contribution in [1.82, 2.24) is 14.8 Å². The quantitative estimate of drug-likeness (QED) is 0.645. The maximum Gasteiger partial charge on any atom is 0.270 e. The Morgan fingerprint density at radius 2 is 1.85 bits per heavy atom. The molecule has 0 bridgehead atoms. The van der Waals surface area contributed by atoms with E-state index >= 15 is 0 Å². The maximum absolute atomic E-state index is 14.1. The van der Waals surface area contributed by atoms with Crippen LogP contribution in [-0.2, 0) is 18.4 Å². The average Bonchev–Trinajstić information content (AvgIpc) is 3.35. The molecule has 2 aromatic carbocycles. The van der Waals surface area contributed by atoms with E-state index in [1.54, 1.807) is 15.5 Å². The number of nitrogens with zero attached hydrogens (tertiary/aromatic N) is 3. The molecule has 5 rings (SSSR count). The van der Waals surface area contributed by atoms with Crippen molar-refractivity contribution in [2.45, 2.75) is 38.3 Å². The normalized spacial score (nSPS) is 17.8. The van der Waals surface area contributed by atoms with Crippen molar-refractivity contribution in [1.29, 1.82) is 0 Å². The highest BCUT2D eigenvalue weighted by molar-refractivity contribution is 6.14. The molecule has 3 heterocycles. The minimum absolute atomic E-state index is 0.0185. The van der Waals surface area contributed by atoms with Gasteiger partial charge in [-0.25, -0.2) is 4.39 Å². The molecule has 2 saturated heterocycles. The lowest BCUT2D eigenvalue weighted by Crippen LogP contribution is -2.45. The van der Waals surface area contributed by atoms with Crippen LogP contribution in [0.2, 0.25) is 0 Å². The first-order chi connectivity index (χ1) is 16.0. The van der Waals surface area contributed by atoms with Gasteiger partial charge >= 0.3 is 0 Å². The average molecular weight is 449 g/mol. The van der Waals surface area contributed by atoms with Gasteiger partial charge in [-0.1, -0.05) is 30.3 Å². The Morgan fingerprint density at radius 3 is 2.55 bits per heavy atom. The fourth-order valence-electron chi connectivity index (χ4n) is 5.15. The van der Waals surface area contributed by atoms with Crippen LogP contribution >= 0.6 is 0 Å². The van der Waals surface area contributed by atoms with Crippen LogP contribution in [0.5, 0.6) is 0 Å². The topological polar surface area (TPSA) is 57.6 Å². The van der Waals surface area contributed by atoms with Gasteiger partial charge in [0.1, 0.15) is 11.5 Å². The van der Waals surface area contributed by atoms with E-state index in [0.717, 1.165) is 44.4 Å². The van der Waals surface area contributed by atoms with E-state index in [1.807, 2.05) is 13.1 Å². The van der Waals surface area contributed by atoms with Gasteiger partial charge in [0.15, 0.2) is 0 Å². The number of carbonyl (C=O) groups is 2. The zero-order chi connectivity index (χ0) is 22.9. The summed E-state index contributed by atoms with van der Waals surface area (Å²) in [6, 6.07) is 15.0. The van der Waals surface area contributed by atoms with Crippen molar-refractivity contribution in [3.05, 3.63) is 65.6 Å². The number of hydrogen-bond donors (Lipinski definition) is 1. The number of piperidine rings is 1. The zero-order valence-corrected chi connectivity index (χ0v) is 18.9. The summed E-state index contributed by atoms with van der Waals surface area (Å²) in [5, 5.41) is 3.80. The maximum atomic E-state index is 14.1. The number of amides is 2. The number of nitrogens with one attached hydrogen (secondary N) is 1. The number of hydrogen-bond acceptors (Lipinski definition) is 3. The fourth-order valence-corrected chi connectivity index (χ4v) is 5.15. The number of anilines is 1. The Morgan fingerprint density at radius 1 is 1.09 bits per heavy atom. The van der Waals surface area contributed by atoms with Gasteiger partial charge in [-0.2, -0.15) is 0 Å². The molecule has 2 fully saturated rings. The molecule has 6 nitrogen and oxygen atoms in total. The molecule has 7 heteroatoms. The van der Waals surface area contributed by atoms with Crippen LogP contribution in [0.4, 0.5) is 10.1 Å². The second kappa shape index (κ2) is 8.98. The molecular formula is C26H29FN4O2. The Hall–Kier alpha value is -3.19. The fraction of sp³-hybridized carbons (Fsp3) is 0.385. The highest BCUT2D eigenvalue weighted by atomic mass is 19.1. The summed E-state index contributed by atoms with van der Waals surface area (Å²) in [6.45, 7) is 3.29.